The van der Waals surface area contributed by atoms with Gasteiger partial charge in [-0.05, 0) is 11.6 Å². The van der Waals surface area contributed by atoms with Crippen LogP contribution in [0.1, 0.15) is 5.56 Å². The summed E-state index contributed by atoms with van der Waals surface area (Å²) in [5.41, 5.74) is 1.24. The standard InChI is InChI=1S/C21H29N3O3S/c1-27-21(26)19-16-24(14-15-28-19)20(25)17-23-12-10-22(11-13-23)9-5-8-18-6-3-2-4-7-18/h2-8,19H,9-17H2,1H3/p+2/b8-5+/t19-/m0/s1. The highest BCUT2D eigenvalue weighted by Crippen LogP contribution is 2.19. The smallest absolute Gasteiger partial charge is 0.320 e. The highest BCUT2D eigenvalue weighted by atomic mass is 32.2. The molecule has 2 fully saturated rings. The van der Waals surface area contributed by atoms with Crippen molar-refractivity contribution in [2.75, 3.05) is 65.2 Å². The van der Waals surface area contributed by atoms with Crippen LogP contribution in [-0.4, -0.2) is 87.2 Å². The van der Waals surface area contributed by atoms with Crippen molar-refractivity contribution in [1.82, 2.24) is 4.90 Å². The van der Waals surface area contributed by atoms with Crippen molar-refractivity contribution in [3.8, 4) is 0 Å². The minimum atomic E-state index is -0.240. The van der Waals surface area contributed by atoms with Crippen molar-refractivity contribution in [1.29, 1.82) is 0 Å². The summed E-state index contributed by atoms with van der Waals surface area (Å²) in [5.74, 6) is 0.735. The van der Waals surface area contributed by atoms with Gasteiger partial charge in [0.2, 0.25) is 0 Å². The number of carbonyl (C=O) groups excluding carboxylic acids is 2. The van der Waals surface area contributed by atoms with Crippen LogP contribution in [0, 0.1) is 0 Å². The first-order chi connectivity index (χ1) is 13.7. The van der Waals surface area contributed by atoms with Crippen molar-refractivity contribution in [3.05, 3.63) is 42.0 Å². The van der Waals surface area contributed by atoms with E-state index in [1.165, 1.54) is 17.6 Å². The van der Waals surface area contributed by atoms with E-state index < -0.39 is 0 Å². The van der Waals surface area contributed by atoms with Gasteiger partial charge in [0, 0.05) is 18.8 Å². The third-order valence-electron chi connectivity index (χ3n) is 5.47. The van der Waals surface area contributed by atoms with Crippen LogP contribution in [0.2, 0.25) is 0 Å². The van der Waals surface area contributed by atoms with Crippen molar-refractivity contribution in [3.63, 3.8) is 0 Å². The Morgan fingerprint density at radius 2 is 1.89 bits per heavy atom. The Hall–Kier alpha value is -1.83. The maximum absolute atomic E-state index is 12.7. The molecule has 1 atom stereocenters. The molecular formula is C21H31N3O3S+2. The van der Waals surface area contributed by atoms with Crippen molar-refractivity contribution in [2.24, 2.45) is 0 Å². The van der Waals surface area contributed by atoms with Crippen molar-refractivity contribution < 1.29 is 24.1 Å². The number of esters is 1. The molecule has 0 bridgehead atoms. The van der Waals surface area contributed by atoms with Gasteiger partial charge in [-0.3, -0.25) is 9.59 Å². The maximum Gasteiger partial charge on any atom is 0.320 e. The summed E-state index contributed by atoms with van der Waals surface area (Å²) in [5, 5.41) is -0.240. The van der Waals surface area contributed by atoms with Crippen LogP contribution < -0.4 is 9.80 Å². The second-order valence-electron chi connectivity index (χ2n) is 7.42. The quantitative estimate of drug-likeness (QED) is 0.572. The summed E-state index contributed by atoms with van der Waals surface area (Å²) in [6.45, 7) is 6.97. The predicted molar refractivity (Wildman–Crippen MR) is 111 cm³/mol. The zero-order chi connectivity index (χ0) is 19.8. The molecule has 7 heteroatoms. The lowest BCUT2D eigenvalue weighted by molar-refractivity contribution is -1.01. The summed E-state index contributed by atoms with van der Waals surface area (Å²) in [4.78, 5) is 29.2. The molecule has 0 aliphatic carbocycles. The van der Waals surface area contributed by atoms with Crippen LogP contribution in [0.15, 0.2) is 36.4 Å². The minimum Gasteiger partial charge on any atom is -0.468 e. The Labute approximate surface area is 171 Å². The van der Waals surface area contributed by atoms with Gasteiger partial charge in [-0.25, -0.2) is 0 Å². The Bertz CT molecular complexity index is 675. The second kappa shape index (κ2) is 10.6. The van der Waals surface area contributed by atoms with Crippen molar-refractivity contribution in [2.45, 2.75) is 5.25 Å². The zero-order valence-corrected chi connectivity index (χ0v) is 17.4. The van der Waals surface area contributed by atoms with Gasteiger partial charge >= 0.3 is 5.97 Å². The lowest BCUT2D eigenvalue weighted by Crippen LogP contribution is -3.28. The molecule has 3 rings (SSSR count). The third kappa shape index (κ3) is 6.09. The predicted octanol–water partition coefficient (Wildman–Crippen LogP) is -1.40. The Balaban J connectivity index is 1.38. The largest absolute Gasteiger partial charge is 0.468 e. The van der Waals surface area contributed by atoms with E-state index in [-0.39, 0.29) is 17.1 Å². The average Bonchev–Trinajstić information content (AvgIpc) is 2.75. The molecule has 28 heavy (non-hydrogen) atoms. The summed E-state index contributed by atoms with van der Waals surface area (Å²) in [6, 6.07) is 10.4. The molecule has 0 saturated carbocycles. The minimum absolute atomic E-state index is 0.164. The number of nitrogens with zero attached hydrogens (tertiary/aromatic N) is 1. The molecule has 152 valence electrons. The van der Waals surface area contributed by atoms with E-state index in [4.69, 9.17) is 4.74 Å². The molecule has 0 aromatic heterocycles. The van der Waals surface area contributed by atoms with Gasteiger partial charge in [0.1, 0.15) is 31.4 Å². The van der Waals surface area contributed by atoms with Crippen LogP contribution in [0.25, 0.3) is 6.08 Å². The van der Waals surface area contributed by atoms with Crippen LogP contribution in [-0.2, 0) is 14.3 Å². The lowest BCUT2D eigenvalue weighted by Gasteiger charge is -2.33. The molecule has 0 unspecified atom stereocenters. The highest BCUT2D eigenvalue weighted by molar-refractivity contribution is 8.00. The molecule has 1 aromatic rings. The number of ether oxygens (including phenoxy) is 1. The fraction of sp³-hybridized carbons (Fsp3) is 0.524. The number of piperazine rings is 1. The first kappa shape index (κ1) is 20.9. The van der Waals surface area contributed by atoms with E-state index in [0.717, 1.165) is 45.0 Å². The first-order valence-electron chi connectivity index (χ1n) is 10.0. The first-order valence-corrected chi connectivity index (χ1v) is 11.1. The van der Waals surface area contributed by atoms with E-state index in [1.54, 1.807) is 16.7 Å². The van der Waals surface area contributed by atoms with Gasteiger partial charge in [-0.15, -0.1) is 11.8 Å². The number of methoxy groups -OCH3 is 1. The fourth-order valence-electron chi connectivity index (χ4n) is 3.74. The van der Waals surface area contributed by atoms with E-state index >= 15 is 0 Å². The Morgan fingerprint density at radius 3 is 2.61 bits per heavy atom. The number of nitrogens with one attached hydrogen (secondary N) is 2. The molecular weight excluding hydrogens is 374 g/mol. The molecule has 2 aliphatic rings. The topological polar surface area (TPSA) is 55.5 Å². The summed E-state index contributed by atoms with van der Waals surface area (Å²) < 4.78 is 4.83. The summed E-state index contributed by atoms with van der Waals surface area (Å²) in [7, 11) is 1.41. The molecule has 0 spiro atoms. The molecule has 0 radical (unpaired) electrons. The van der Waals surface area contributed by atoms with Crippen LogP contribution >= 0.6 is 11.8 Å². The average molecular weight is 406 g/mol. The second-order valence-corrected chi connectivity index (χ2v) is 8.73. The van der Waals surface area contributed by atoms with Gasteiger partial charge in [0.15, 0.2) is 6.54 Å². The zero-order valence-electron chi connectivity index (χ0n) is 16.6. The van der Waals surface area contributed by atoms with E-state index in [2.05, 4.69) is 36.4 Å². The third-order valence-corrected chi connectivity index (χ3v) is 6.63. The monoisotopic (exact) mass is 405 g/mol. The molecule has 2 heterocycles. The lowest BCUT2D eigenvalue weighted by atomic mass is 10.2. The van der Waals surface area contributed by atoms with Gasteiger partial charge < -0.3 is 19.4 Å². The van der Waals surface area contributed by atoms with Crippen LogP contribution in [0.3, 0.4) is 0 Å². The van der Waals surface area contributed by atoms with Crippen LogP contribution in [0.5, 0.6) is 0 Å². The van der Waals surface area contributed by atoms with E-state index in [1.807, 2.05) is 11.0 Å². The summed E-state index contributed by atoms with van der Waals surface area (Å²) >= 11 is 1.58. The Morgan fingerprint density at radius 1 is 1.18 bits per heavy atom. The molecule has 2 aliphatic heterocycles. The molecule has 2 saturated heterocycles. The fourth-order valence-corrected chi connectivity index (χ4v) is 4.87. The Kier molecular flexibility index (Phi) is 7.94. The number of rotatable bonds is 6. The summed E-state index contributed by atoms with van der Waals surface area (Å²) in [6.07, 6.45) is 4.43. The maximum atomic E-state index is 12.7. The normalized spacial score (nSPS) is 25.6. The van der Waals surface area contributed by atoms with Crippen LogP contribution in [0.4, 0.5) is 0 Å². The number of quaternary nitrogens is 2. The van der Waals surface area contributed by atoms with E-state index in [0.29, 0.717) is 13.1 Å². The number of amides is 1. The molecule has 2 N–H and O–H groups in total. The number of carbonyl (C=O) groups is 2. The molecule has 1 amide bonds. The number of hydrogen-bond donors (Lipinski definition) is 2. The number of hydrogen-bond acceptors (Lipinski definition) is 4. The van der Waals surface area contributed by atoms with Crippen molar-refractivity contribution >= 4 is 29.7 Å². The van der Waals surface area contributed by atoms with Gasteiger partial charge in [0.05, 0.1) is 13.7 Å². The van der Waals surface area contributed by atoms with Gasteiger partial charge in [0.25, 0.3) is 5.91 Å². The SMILES string of the molecule is COC(=O)[C@@H]1CN(C(=O)C[NH+]2CC[NH+](C/C=C/c3ccccc3)CC2)CCS1. The number of thioether (sulfide) groups is 1. The van der Waals surface area contributed by atoms with E-state index in [9.17, 15) is 9.59 Å². The van der Waals surface area contributed by atoms with Gasteiger partial charge in [-0.1, -0.05) is 36.4 Å². The highest BCUT2D eigenvalue weighted by Gasteiger charge is 2.32. The van der Waals surface area contributed by atoms with Gasteiger partial charge in [-0.2, -0.15) is 0 Å². The molecule has 6 nitrogen and oxygen atoms in total. The number of benzene rings is 1. The molecule has 1 aromatic carbocycles.